The highest BCUT2D eigenvalue weighted by Crippen LogP contribution is 2.33. The zero-order valence-corrected chi connectivity index (χ0v) is 14.4. The van der Waals surface area contributed by atoms with Crippen molar-refractivity contribution in [1.29, 1.82) is 0 Å². The Bertz CT molecular complexity index is 674. The van der Waals surface area contributed by atoms with E-state index in [1.54, 1.807) is 13.2 Å². The Labute approximate surface area is 146 Å². The number of aromatic nitrogens is 2. The molecule has 0 aromatic carbocycles. The van der Waals surface area contributed by atoms with E-state index >= 15 is 0 Å². The van der Waals surface area contributed by atoms with E-state index in [9.17, 15) is 0 Å². The lowest BCUT2D eigenvalue weighted by atomic mass is 9.94. The minimum Gasteiger partial charge on any atom is -0.468 e. The van der Waals surface area contributed by atoms with Gasteiger partial charge in [0.15, 0.2) is 0 Å². The van der Waals surface area contributed by atoms with Gasteiger partial charge in [0.1, 0.15) is 11.4 Å². The molecular weight excluding hydrogens is 324 g/mol. The zero-order valence-electron chi connectivity index (χ0n) is 14.4. The van der Waals surface area contributed by atoms with Gasteiger partial charge < -0.3 is 23.6 Å². The smallest absolute Gasteiger partial charge is 0.315 e. The van der Waals surface area contributed by atoms with Crippen molar-refractivity contribution < 1.29 is 18.3 Å². The summed E-state index contributed by atoms with van der Waals surface area (Å²) in [5.41, 5.74) is -0.250. The van der Waals surface area contributed by atoms with Gasteiger partial charge in [0.2, 0.25) is 5.89 Å². The van der Waals surface area contributed by atoms with E-state index in [1.807, 2.05) is 12.1 Å². The number of anilines is 1. The van der Waals surface area contributed by atoms with Crippen molar-refractivity contribution in [3.05, 3.63) is 30.0 Å². The summed E-state index contributed by atoms with van der Waals surface area (Å²) < 4.78 is 22.9. The lowest BCUT2D eigenvalue weighted by molar-refractivity contribution is -0.0565. The molecule has 2 aliphatic heterocycles. The first-order valence-electron chi connectivity index (χ1n) is 8.71. The van der Waals surface area contributed by atoms with E-state index < -0.39 is 0 Å². The monoisotopic (exact) mass is 348 g/mol. The molecule has 0 unspecified atom stereocenters. The van der Waals surface area contributed by atoms with Crippen LogP contribution in [0.25, 0.3) is 0 Å². The molecule has 136 valence electrons. The van der Waals surface area contributed by atoms with Crippen LogP contribution in [0.1, 0.15) is 18.1 Å². The number of nitrogens with zero attached hydrogens (tertiary/aromatic N) is 3. The number of ether oxygens (including phenoxy) is 2. The molecule has 2 fully saturated rings. The normalized spacial score (nSPS) is 27.6. The van der Waals surface area contributed by atoms with Gasteiger partial charge in [-0.05, 0) is 18.6 Å². The van der Waals surface area contributed by atoms with Crippen LogP contribution < -0.4 is 5.32 Å². The molecule has 0 bridgehead atoms. The maximum Gasteiger partial charge on any atom is 0.315 e. The Morgan fingerprint density at radius 1 is 1.40 bits per heavy atom. The molecule has 0 aliphatic carbocycles. The van der Waals surface area contributed by atoms with E-state index in [0.717, 1.165) is 45.0 Å². The van der Waals surface area contributed by atoms with Gasteiger partial charge in [0, 0.05) is 32.5 Å². The summed E-state index contributed by atoms with van der Waals surface area (Å²) in [4.78, 5) is 2.35. The molecule has 0 saturated carbocycles. The van der Waals surface area contributed by atoms with Crippen LogP contribution in [0.4, 0.5) is 6.01 Å². The van der Waals surface area contributed by atoms with Gasteiger partial charge >= 0.3 is 6.01 Å². The number of hydrogen-bond donors (Lipinski definition) is 1. The topological polar surface area (TPSA) is 85.8 Å². The predicted octanol–water partition coefficient (Wildman–Crippen LogP) is 1.69. The van der Waals surface area contributed by atoms with E-state index in [1.165, 1.54) is 0 Å². The molecule has 1 spiro atoms. The van der Waals surface area contributed by atoms with Gasteiger partial charge in [-0.25, -0.2) is 0 Å². The van der Waals surface area contributed by atoms with Crippen LogP contribution in [0.2, 0.25) is 0 Å². The SMILES string of the molecule is Cc1nnc(NC[C@@H]2CO[C@@]3(COCCN(Cc4ccco4)C3)C2)o1. The fourth-order valence-electron chi connectivity index (χ4n) is 3.62. The highest BCUT2D eigenvalue weighted by molar-refractivity contribution is 5.17. The summed E-state index contributed by atoms with van der Waals surface area (Å²) >= 11 is 0. The van der Waals surface area contributed by atoms with Crippen LogP contribution in [-0.2, 0) is 16.0 Å². The summed E-state index contributed by atoms with van der Waals surface area (Å²) in [5.74, 6) is 1.92. The Hall–Kier alpha value is -1.90. The fourth-order valence-corrected chi connectivity index (χ4v) is 3.62. The first kappa shape index (κ1) is 16.6. The van der Waals surface area contributed by atoms with Crippen LogP contribution in [-0.4, -0.2) is 60.2 Å². The molecular formula is C17H24N4O4. The van der Waals surface area contributed by atoms with E-state index in [0.29, 0.717) is 31.0 Å². The van der Waals surface area contributed by atoms with Crippen molar-refractivity contribution in [2.45, 2.75) is 25.5 Å². The number of aryl methyl sites for hydroxylation is 1. The molecule has 2 atom stereocenters. The maximum atomic E-state index is 6.21. The molecule has 2 aliphatic rings. The van der Waals surface area contributed by atoms with Gasteiger partial charge in [-0.15, -0.1) is 5.10 Å². The van der Waals surface area contributed by atoms with Crippen LogP contribution in [0.3, 0.4) is 0 Å². The largest absolute Gasteiger partial charge is 0.468 e. The molecule has 0 radical (unpaired) electrons. The van der Waals surface area contributed by atoms with Crippen LogP contribution >= 0.6 is 0 Å². The second-order valence-corrected chi connectivity index (χ2v) is 6.91. The Kier molecular flexibility index (Phi) is 4.74. The number of hydrogen-bond acceptors (Lipinski definition) is 8. The minimum absolute atomic E-state index is 0.250. The zero-order chi connectivity index (χ0) is 17.1. The summed E-state index contributed by atoms with van der Waals surface area (Å²) in [6.07, 6.45) is 2.66. The van der Waals surface area contributed by atoms with Crippen molar-refractivity contribution in [1.82, 2.24) is 15.1 Å². The molecule has 4 rings (SSSR count). The Balaban J connectivity index is 1.34. The summed E-state index contributed by atoms with van der Waals surface area (Å²) in [6.45, 7) is 7.11. The highest BCUT2D eigenvalue weighted by Gasteiger charge is 2.43. The van der Waals surface area contributed by atoms with Crippen molar-refractivity contribution >= 4 is 6.01 Å². The third kappa shape index (κ3) is 4.02. The molecule has 8 heteroatoms. The molecule has 8 nitrogen and oxygen atoms in total. The van der Waals surface area contributed by atoms with E-state index in [-0.39, 0.29) is 5.60 Å². The first-order valence-corrected chi connectivity index (χ1v) is 8.71. The van der Waals surface area contributed by atoms with Crippen LogP contribution in [0.15, 0.2) is 27.2 Å². The molecule has 1 N–H and O–H groups in total. The third-order valence-corrected chi connectivity index (χ3v) is 4.74. The summed E-state index contributed by atoms with van der Waals surface area (Å²) in [6, 6.07) is 4.40. The van der Waals surface area contributed by atoms with Crippen molar-refractivity contribution in [3.63, 3.8) is 0 Å². The van der Waals surface area contributed by atoms with Gasteiger partial charge in [-0.3, -0.25) is 4.90 Å². The average Bonchev–Trinajstić information content (AvgIpc) is 3.29. The van der Waals surface area contributed by atoms with Gasteiger partial charge in [-0.2, -0.15) is 0 Å². The molecule has 2 aromatic heterocycles. The van der Waals surface area contributed by atoms with Crippen molar-refractivity contribution in [2.75, 3.05) is 44.8 Å². The lowest BCUT2D eigenvalue weighted by Gasteiger charge is -2.30. The second-order valence-electron chi connectivity index (χ2n) is 6.91. The predicted molar refractivity (Wildman–Crippen MR) is 89.1 cm³/mol. The Morgan fingerprint density at radius 3 is 3.16 bits per heavy atom. The fraction of sp³-hybridized carbons (Fsp3) is 0.647. The van der Waals surface area contributed by atoms with E-state index in [2.05, 4.69) is 20.4 Å². The summed E-state index contributed by atoms with van der Waals surface area (Å²) in [5, 5.41) is 11.0. The van der Waals surface area contributed by atoms with Gasteiger partial charge in [0.05, 0.1) is 32.6 Å². The lowest BCUT2D eigenvalue weighted by Crippen LogP contribution is -2.43. The molecule has 2 saturated heterocycles. The quantitative estimate of drug-likeness (QED) is 0.874. The van der Waals surface area contributed by atoms with E-state index in [4.69, 9.17) is 18.3 Å². The maximum absolute atomic E-state index is 6.21. The van der Waals surface area contributed by atoms with Crippen molar-refractivity contribution in [2.24, 2.45) is 5.92 Å². The Morgan fingerprint density at radius 2 is 2.36 bits per heavy atom. The second kappa shape index (κ2) is 7.15. The molecule has 4 heterocycles. The van der Waals surface area contributed by atoms with Crippen LogP contribution in [0, 0.1) is 12.8 Å². The number of rotatable bonds is 5. The average molecular weight is 348 g/mol. The molecule has 0 amide bonds. The molecule has 2 aromatic rings. The summed E-state index contributed by atoms with van der Waals surface area (Å²) in [7, 11) is 0. The number of nitrogens with one attached hydrogen (secondary N) is 1. The number of furan rings is 1. The standard InChI is InChI=1S/C17H24N4O4/c1-13-19-20-16(25-13)18-8-14-7-17(24-10-14)11-21(4-6-22-12-17)9-15-3-2-5-23-15/h2-3,5,14H,4,6-12H2,1H3,(H,18,20)/t14-,17+/m1/s1. The first-order chi connectivity index (χ1) is 12.2. The molecule has 25 heavy (non-hydrogen) atoms. The van der Waals surface area contributed by atoms with Crippen LogP contribution in [0.5, 0.6) is 0 Å². The van der Waals surface area contributed by atoms with Gasteiger partial charge in [0.25, 0.3) is 0 Å². The minimum atomic E-state index is -0.250. The van der Waals surface area contributed by atoms with Gasteiger partial charge in [-0.1, -0.05) is 5.10 Å². The highest BCUT2D eigenvalue weighted by atomic mass is 16.5. The third-order valence-electron chi connectivity index (χ3n) is 4.74. The van der Waals surface area contributed by atoms with Crippen molar-refractivity contribution in [3.8, 4) is 0 Å².